The highest BCUT2D eigenvalue weighted by Gasteiger charge is 2.22. The summed E-state index contributed by atoms with van der Waals surface area (Å²) < 4.78 is 5.33. The predicted molar refractivity (Wildman–Crippen MR) is 84.9 cm³/mol. The van der Waals surface area contributed by atoms with Crippen molar-refractivity contribution in [2.45, 2.75) is 19.4 Å². The van der Waals surface area contributed by atoms with Gasteiger partial charge in [-0.05, 0) is 18.1 Å². The topological polar surface area (TPSA) is 74.8 Å². The fourth-order valence-corrected chi connectivity index (χ4v) is 2.80. The van der Waals surface area contributed by atoms with E-state index in [-0.39, 0.29) is 18.4 Å². The first kappa shape index (κ1) is 15.7. The second-order valence-electron chi connectivity index (χ2n) is 5.82. The largest absolute Gasteiger partial charge is 0.378 e. The molecule has 124 valence electrons. The van der Waals surface area contributed by atoms with Crippen molar-refractivity contribution in [1.29, 1.82) is 0 Å². The summed E-state index contributed by atoms with van der Waals surface area (Å²) in [6, 6.07) is 3.94. The Morgan fingerprint density at radius 1 is 1.26 bits per heavy atom. The van der Waals surface area contributed by atoms with E-state index in [0.717, 1.165) is 44.1 Å². The molecule has 0 saturated carbocycles. The second kappa shape index (κ2) is 7.41. The molecule has 3 rings (SSSR count). The number of anilines is 1. The molecule has 0 aliphatic carbocycles. The van der Waals surface area contributed by atoms with Crippen molar-refractivity contribution in [2.24, 2.45) is 0 Å². The van der Waals surface area contributed by atoms with Gasteiger partial charge in [0, 0.05) is 38.8 Å². The van der Waals surface area contributed by atoms with Crippen LogP contribution in [0.15, 0.2) is 18.3 Å². The maximum absolute atomic E-state index is 11.9. The number of likely N-dealkylation sites (tertiary alicyclic amines) is 1. The number of ether oxygens (including phenoxy) is 1. The lowest BCUT2D eigenvalue weighted by Gasteiger charge is -2.27. The number of nitrogens with zero attached hydrogens (tertiary/aromatic N) is 3. The number of nitrogens with one attached hydrogen (secondary N) is 1. The first-order chi connectivity index (χ1) is 11.2. The average molecular weight is 318 g/mol. The molecule has 0 spiro atoms. The van der Waals surface area contributed by atoms with E-state index in [2.05, 4.69) is 15.2 Å². The number of rotatable bonds is 5. The normalized spacial score (nSPS) is 18.3. The summed E-state index contributed by atoms with van der Waals surface area (Å²) in [6.07, 6.45) is 3.19. The zero-order valence-electron chi connectivity index (χ0n) is 13.2. The zero-order chi connectivity index (χ0) is 16.1. The van der Waals surface area contributed by atoms with E-state index in [1.165, 1.54) is 0 Å². The van der Waals surface area contributed by atoms with Gasteiger partial charge in [0.05, 0.1) is 19.8 Å². The number of pyridine rings is 1. The number of aromatic nitrogens is 1. The summed E-state index contributed by atoms with van der Waals surface area (Å²) in [6.45, 7) is 4.43. The van der Waals surface area contributed by atoms with Crippen LogP contribution in [0.1, 0.15) is 18.4 Å². The summed E-state index contributed by atoms with van der Waals surface area (Å²) in [5.41, 5.74) is 0.947. The summed E-state index contributed by atoms with van der Waals surface area (Å²) >= 11 is 0. The van der Waals surface area contributed by atoms with Crippen molar-refractivity contribution in [3.8, 4) is 0 Å². The van der Waals surface area contributed by atoms with Gasteiger partial charge in [0.1, 0.15) is 5.82 Å². The zero-order valence-corrected chi connectivity index (χ0v) is 13.2. The van der Waals surface area contributed by atoms with Crippen LogP contribution >= 0.6 is 0 Å². The number of amides is 2. The lowest BCUT2D eigenvalue weighted by atomic mass is 10.2. The van der Waals surface area contributed by atoms with Crippen LogP contribution in [-0.2, 0) is 20.9 Å². The van der Waals surface area contributed by atoms with Crippen molar-refractivity contribution < 1.29 is 14.3 Å². The molecule has 2 aliphatic heterocycles. The van der Waals surface area contributed by atoms with E-state index in [1.807, 2.05) is 12.1 Å². The third kappa shape index (κ3) is 4.19. The molecule has 7 nitrogen and oxygen atoms in total. The molecule has 23 heavy (non-hydrogen) atoms. The minimum Gasteiger partial charge on any atom is -0.378 e. The van der Waals surface area contributed by atoms with E-state index in [9.17, 15) is 9.59 Å². The third-order valence-electron chi connectivity index (χ3n) is 4.14. The van der Waals surface area contributed by atoms with Crippen LogP contribution in [0.25, 0.3) is 0 Å². The molecule has 0 bridgehead atoms. The fraction of sp³-hybridized carbons (Fsp3) is 0.562. The standard InChI is InChI=1S/C16H22N4O3/c21-15(12-20-5-1-2-16(20)22)18-11-13-3-4-14(17-10-13)19-6-8-23-9-7-19/h3-4,10H,1-2,5-9,11-12H2,(H,18,21). The number of carbonyl (C=O) groups is 2. The maximum atomic E-state index is 11.9. The van der Waals surface area contributed by atoms with E-state index < -0.39 is 0 Å². The Hall–Kier alpha value is -2.15. The van der Waals surface area contributed by atoms with Gasteiger partial charge in [0.25, 0.3) is 0 Å². The SMILES string of the molecule is O=C(CN1CCCC1=O)NCc1ccc(N2CCOCC2)nc1. The Balaban J connectivity index is 1.46. The summed E-state index contributed by atoms with van der Waals surface area (Å²) in [4.78, 5) is 31.6. The Bertz CT molecular complexity index is 555. The smallest absolute Gasteiger partial charge is 0.239 e. The molecule has 2 amide bonds. The van der Waals surface area contributed by atoms with Gasteiger partial charge < -0.3 is 19.9 Å². The van der Waals surface area contributed by atoms with Gasteiger partial charge in [-0.2, -0.15) is 0 Å². The van der Waals surface area contributed by atoms with Gasteiger partial charge in [-0.25, -0.2) is 4.98 Å². The first-order valence-corrected chi connectivity index (χ1v) is 8.04. The molecule has 0 atom stereocenters. The Morgan fingerprint density at radius 2 is 2.09 bits per heavy atom. The lowest BCUT2D eigenvalue weighted by Crippen LogP contribution is -2.37. The molecule has 0 aromatic carbocycles. The van der Waals surface area contributed by atoms with E-state index in [4.69, 9.17) is 4.74 Å². The second-order valence-corrected chi connectivity index (χ2v) is 5.82. The molecule has 2 aliphatic rings. The Kier molecular flexibility index (Phi) is 5.07. The van der Waals surface area contributed by atoms with Crippen molar-refractivity contribution in [3.05, 3.63) is 23.9 Å². The van der Waals surface area contributed by atoms with Gasteiger partial charge in [-0.15, -0.1) is 0 Å². The Morgan fingerprint density at radius 3 is 2.74 bits per heavy atom. The Labute approximate surface area is 135 Å². The quantitative estimate of drug-likeness (QED) is 0.837. The minimum atomic E-state index is -0.127. The number of carbonyl (C=O) groups excluding carboxylic acids is 2. The van der Waals surface area contributed by atoms with Gasteiger partial charge in [-0.3, -0.25) is 9.59 Å². The van der Waals surface area contributed by atoms with Gasteiger partial charge in [0.2, 0.25) is 11.8 Å². The molecule has 1 aromatic rings. The lowest BCUT2D eigenvalue weighted by molar-refractivity contribution is -0.133. The van der Waals surface area contributed by atoms with Crippen molar-refractivity contribution in [1.82, 2.24) is 15.2 Å². The molecule has 0 radical (unpaired) electrons. The third-order valence-corrected chi connectivity index (χ3v) is 4.14. The molecular weight excluding hydrogens is 296 g/mol. The van der Waals surface area contributed by atoms with Crippen LogP contribution in [-0.4, -0.2) is 61.1 Å². The van der Waals surface area contributed by atoms with Crippen LogP contribution < -0.4 is 10.2 Å². The van der Waals surface area contributed by atoms with E-state index in [1.54, 1.807) is 11.1 Å². The molecular formula is C16H22N4O3. The number of hydrogen-bond donors (Lipinski definition) is 1. The molecule has 2 fully saturated rings. The van der Waals surface area contributed by atoms with Crippen LogP contribution in [0.5, 0.6) is 0 Å². The van der Waals surface area contributed by atoms with Gasteiger partial charge in [0.15, 0.2) is 0 Å². The van der Waals surface area contributed by atoms with Crippen molar-refractivity contribution in [2.75, 3.05) is 44.3 Å². The predicted octanol–water partition coefficient (Wildman–Crippen LogP) is 0.157. The highest BCUT2D eigenvalue weighted by molar-refractivity contribution is 5.85. The number of morpholine rings is 1. The molecule has 1 N–H and O–H groups in total. The summed E-state index contributed by atoms with van der Waals surface area (Å²) in [5, 5.41) is 2.84. The van der Waals surface area contributed by atoms with Crippen LogP contribution in [0.4, 0.5) is 5.82 Å². The highest BCUT2D eigenvalue weighted by atomic mass is 16.5. The highest BCUT2D eigenvalue weighted by Crippen LogP contribution is 2.13. The van der Waals surface area contributed by atoms with E-state index >= 15 is 0 Å². The molecule has 0 unspecified atom stereocenters. The fourth-order valence-electron chi connectivity index (χ4n) is 2.80. The maximum Gasteiger partial charge on any atom is 0.239 e. The first-order valence-electron chi connectivity index (χ1n) is 8.04. The van der Waals surface area contributed by atoms with Crippen molar-refractivity contribution in [3.63, 3.8) is 0 Å². The number of hydrogen-bond acceptors (Lipinski definition) is 5. The molecule has 7 heteroatoms. The molecule has 2 saturated heterocycles. The molecule has 3 heterocycles. The van der Waals surface area contributed by atoms with Crippen molar-refractivity contribution >= 4 is 17.6 Å². The average Bonchev–Trinajstić information content (AvgIpc) is 2.99. The molecule has 1 aromatic heterocycles. The van der Waals surface area contributed by atoms with Crippen LogP contribution in [0.3, 0.4) is 0 Å². The monoisotopic (exact) mass is 318 g/mol. The van der Waals surface area contributed by atoms with E-state index in [0.29, 0.717) is 19.5 Å². The van der Waals surface area contributed by atoms with Gasteiger partial charge >= 0.3 is 0 Å². The summed E-state index contributed by atoms with van der Waals surface area (Å²) in [7, 11) is 0. The minimum absolute atomic E-state index is 0.0664. The van der Waals surface area contributed by atoms with Gasteiger partial charge in [-0.1, -0.05) is 6.07 Å². The van der Waals surface area contributed by atoms with Crippen LogP contribution in [0.2, 0.25) is 0 Å². The van der Waals surface area contributed by atoms with Crippen LogP contribution in [0, 0.1) is 0 Å². The summed E-state index contributed by atoms with van der Waals surface area (Å²) in [5.74, 6) is 0.875.